The fourth-order valence-electron chi connectivity index (χ4n) is 3.13. The van der Waals surface area contributed by atoms with Crippen molar-refractivity contribution >= 4 is 17.3 Å². The number of aromatic nitrogens is 3. The third kappa shape index (κ3) is 3.44. The van der Waals surface area contributed by atoms with E-state index in [1.54, 1.807) is 26.9 Å². The maximum absolute atomic E-state index is 13.0. The van der Waals surface area contributed by atoms with Crippen LogP contribution in [0.2, 0.25) is 0 Å². The number of rotatable bonds is 4. The number of non-ortho nitro benzene ring substituents is 1. The first kappa shape index (κ1) is 16.9. The summed E-state index contributed by atoms with van der Waals surface area (Å²) in [5.74, 6) is -0.197. The predicted octanol–water partition coefficient (Wildman–Crippen LogP) is 1.73. The molecule has 9 nitrogen and oxygen atoms in total. The molecule has 1 saturated heterocycles. The highest BCUT2D eigenvalue weighted by Crippen LogP contribution is 2.28. The lowest BCUT2D eigenvalue weighted by Crippen LogP contribution is -2.41. The Kier molecular flexibility index (Phi) is 4.64. The number of benzene rings is 1. The van der Waals surface area contributed by atoms with E-state index in [9.17, 15) is 14.9 Å². The minimum Gasteiger partial charge on any atom is -0.377 e. The number of piperidine rings is 1. The van der Waals surface area contributed by atoms with Gasteiger partial charge in [-0.05, 0) is 18.9 Å². The average molecular weight is 344 g/mol. The predicted molar refractivity (Wildman–Crippen MR) is 91.6 cm³/mol. The lowest BCUT2D eigenvalue weighted by molar-refractivity contribution is -0.384. The number of hydrogen-bond acceptors (Lipinski definition) is 6. The Labute approximate surface area is 145 Å². The normalized spacial score (nSPS) is 17.4. The zero-order valence-electron chi connectivity index (χ0n) is 14.2. The first-order valence-electron chi connectivity index (χ1n) is 8.06. The number of amides is 1. The second-order valence-electron chi connectivity index (χ2n) is 6.28. The molecule has 0 radical (unpaired) electrons. The first-order valence-corrected chi connectivity index (χ1v) is 8.06. The van der Waals surface area contributed by atoms with E-state index in [-0.39, 0.29) is 17.6 Å². The number of nitro groups is 1. The summed E-state index contributed by atoms with van der Waals surface area (Å²) in [6, 6.07) is 4.46. The lowest BCUT2D eigenvalue weighted by atomic mass is 10.0. The van der Waals surface area contributed by atoms with Crippen LogP contribution in [0, 0.1) is 10.1 Å². The van der Waals surface area contributed by atoms with Gasteiger partial charge in [-0.2, -0.15) is 5.10 Å². The van der Waals surface area contributed by atoms with Crippen LogP contribution in [0.1, 0.15) is 29.2 Å². The Morgan fingerprint density at radius 1 is 1.40 bits per heavy atom. The highest BCUT2D eigenvalue weighted by molar-refractivity contribution is 6.00. The monoisotopic (exact) mass is 344 g/mol. The lowest BCUT2D eigenvalue weighted by Gasteiger charge is -2.33. The molecule has 2 aromatic rings. The Morgan fingerprint density at radius 3 is 2.84 bits per heavy atom. The summed E-state index contributed by atoms with van der Waals surface area (Å²) in [5.41, 5.74) is 0.927. The zero-order valence-corrected chi connectivity index (χ0v) is 14.2. The Balaban J connectivity index is 1.89. The molecule has 0 saturated carbocycles. The van der Waals surface area contributed by atoms with Crippen molar-refractivity contribution in [3.8, 4) is 0 Å². The standard InChI is InChI=1S/C16H20N6O3/c1-19(2)15-6-5-12(22(24)25)8-14(15)16(23)20-7-3-4-13(9-20)21-11-17-10-18-21/h5-6,8,10-11,13H,3-4,7,9H2,1-2H3/t13-/m0/s1. The van der Waals surface area contributed by atoms with Gasteiger partial charge in [-0.15, -0.1) is 0 Å². The summed E-state index contributed by atoms with van der Waals surface area (Å²) in [7, 11) is 3.62. The van der Waals surface area contributed by atoms with E-state index in [1.807, 2.05) is 14.1 Å². The number of likely N-dealkylation sites (tertiary alicyclic amines) is 1. The molecular formula is C16H20N6O3. The number of carbonyl (C=O) groups excluding carboxylic acids is 1. The summed E-state index contributed by atoms with van der Waals surface area (Å²) in [6.07, 6.45) is 4.90. The molecule has 2 heterocycles. The molecule has 1 aliphatic heterocycles. The summed E-state index contributed by atoms with van der Waals surface area (Å²) in [4.78, 5) is 31.1. The fraction of sp³-hybridized carbons (Fsp3) is 0.438. The van der Waals surface area contributed by atoms with E-state index in [1.165, 1.54) is 18.5 Å². The minimum absolute atomic E-state index is 0.0710. The van der Waals surface area contributed by atoms with Crippen molar-refractivity contribution in [3.05, 3.63) is 46.5 Å². The molecule has 0 aliphatic carbocycles. The smallest absolute Gasteiger partial charge is 0.270 e. The van der Waals surface area contributed by atoms with Gasteiger partial charge >= 0.3 is 0 Å². The van der Waals surface area contributed by atoms with E-state index in [0.29, 0.717) is 24.3 Å². The Bertz CT molecular complexity index is 774. The number of hydrogen-bond donors (Lipinski definition) is 0. The average Bonchev–Trinajstić information content (AvgIpc) is 3.15. The van der Waals surface area contributed by atoms with Gasteiger partial charge in [0.05, 0.1) is 16.5 Å². The van der Waals surface area contributed by atoms with Crippen LogP contribution in [0.4, 0.5) is 11.4 Å². The molecule has 0 N–H and O–H groups in total. The van der Waals surface area contributed by atoms with Crippen molar-refractivity contribution in [3.63, 3.8) is 0 Å². The zero-order chi connectivity index (χ0) is 18.0. The quantitative estimate of drug-likeness (QED) is 0.619. The summed E-state index contributed by atoms with van der Waals surface area (Å²) >= 11 is 0. The SMILES string of the molecule is CN(C)c1ccc([N+](=O)[O-])cc1C(=O)N1CCC[C@H](n2cncn2)C1. The van der Waals surface area contributed by atoms with Gasteiger partial charge in [0.2, 0.25) is 0 Å². The number of nitrogens with zero attached hydrogens (tertiary/aromatic N) is 6. The highest BCUT2D eigenvalue weighted by atomic mass is 16.6. The van der Waals surface area contributed by atoms with E-state index in [0.717, 1.165) is 12.8 Å². The van der Waals surface area contributed by atoms with Crippen molar-refractivity contribution in [1.29, 1.82) is 0 Å². The third-order valence-corrected chi connectivity index (χ3v) is 4.40. The summed E-state index contributed by atoms with van der Waals surface area (Å²) in [5, 5.41) is 15.2. The third-order valence-electron chi connectivity index (χ3n) is 4.40. The van der Waals surface area contributed by atoms with Gasteiger partial charge in [0, 0.05) is 45.0 Å². The van der Waals surface area contributed by atoms with Crippen LogP contribution in [0.15, 0.2) is 30.9 Å². The van der Waals surface area contributed by atoms with E-state index in [2.05, 4.69) is 10.1 Å². The van der Waals surface area contributed by atoms with Gasteiger partial charge in [0.25, 0.3) is 11.6 Å². The molecule has 132 valence electrons. The number of anilines is 1. The molecule has 0 bridgehead atoms. The van der Waals surface area contributed by atoms with E-state index in [4.69, 9.17) is 0 Å². The number of carbonyl (C=O) groups is 1. The highest BCUT2D eigenvalue weighted by Gasteiger charge is 2.28. The molecule has 9 heteroatoms. The van der Waals surface area contributed by atoms with E-state index >= 15 is 0 Å². The maximum atomic E-state index is 13.0. The van der Waals surface area contributed by atoms with Crippen LogP contribution in [-0.4, -0.2) is 57.7 Å². The molecule has 0 unspecified atom stereocenters. The van der Waals surface area contributed by atoms with E-state index < -0.39 is 4.92 Å². The van der Waals surface area contributed by atoms with Crippen LogP contribution >= 0.6 is 0 Å². The first-order chi connectivity index (χ1) is 12.0. The van der Waals surface area contributed by atoms with Crippen molar-refractivity contribution < 1.29 is 9.72 Å². The molecule has 1 atom stereocenters. The topological polar surface area (TPSA) is 97.4 Å². The second kappa shape index (κ2) is 6.88. The maximum Gasteiger partial charge on any atom is 0.270 e. The van der Waals surface area contributed by atoms with Gasteiger partial charge in [0.1, 0.15) is 12.7 Å². The van der Waals surface area contributed by atoms with Gasteiger partial charge in [-0.1, -0.05) is 0 Å². The van der Waals surface area contributed by atoms with Crippen LogP contribution in [0.3, 0.4) is 0 Å². The van der Waals surface area contributed by atoms with Gasteiger partial charge < -0.3 is 9.80 Å². The Hall–Kier alpha value is -2.97. The summed E-state index contributed by atoms with van der Waals surface area (Å²) in [6.45, 7) is 1.14. The van der Waals surface area contributed by atoms with Crippen molar-refractivity contribution in [1.82, 2.24) is 19.7 Å². The van der Waals surface area contributed by atoms with Crippen molar-refractivity contribution in [2.75, 3.05) is 32.1 Å². The minimum atomic E-state index is -0.482. The van der Waals surface area contributed by atoms with Crippen LogP contribution in [0.25, 0.3) is 0 Å². The van der Waals surface area contributed by atoms with Crippen molar-refractivity contribution in [2.24, 2.45) is 0 Å². The van der Waals surface area contributed by atoms with Crippen LogP contribution in [-0.2, 0) is 0 Å². The van der Waals surface area contributed by atoms with Crippen LogP contribution in [0.5, 0.6) is 0 Å². The Morgan fingerprint density at radius 2 is 2.20 bits per heavy atom. The fourth-order valence-corrected chi connectivity index (χ4v) is 3.13. The molecular weight excluding hydrogens is 324 g/mol. The molecule has 1 aliphatic rings. The molecule has 1 aromatic heterocycles. The molecule has 3 rings (SSSR count). The molecule has 0 spiro atoms. The van der Waals surface area contributed by atoms with Crippen molar-refractivity contribution in [2.45, 2.75) is 18.9 Å². The molecule has 1 amide bonds. The largest absolute Gasteiger partial charge is 0.377 e. The molecule has 1 fully saturated rings. The van der Waals surface area contributed by atoms with Crippen LogP contribution < -0.4 is 4.90 Å². The summed E-state index contributed by atoms with van der Waals surface area (Å²) < 4.78 is 1.76. The molecule has 1 aromatic carbocycles. The number of nitro benzene ring substituents is 1. The molecule has 25 heavy (non-hydrogen) atoms. The van der Waals surface area contributed by atoms with Gasteiger partial charge in [-0.25, -0.2) is 9.67 Å². The van der Waals surface area contributed by atoms with Gasteiger partial charge in [0.15, 0.2) is 0 Å². The van der Waals surface area contributed by atoms with Gasteiger partial charge in [-0.3, -0.25) is 14.9 Å². The second-order valence-corrected chi connectivity index (χ2v) is 6.28.